The molecule has 4 nitrogen and oxygen atoms in total. The Morgan fingerprint density at radius 3 is 2.48 bits per heavy atom. The third-order valence-corrected chi connectivity index (χ3v) is 3.17. The van der Waals surface area contributed by atoms with Crippen molar-refractivity contribution in [2.24, 2.45) is 0 Å². The molecule has 1 aromatic heterocycles. The Hall–Kier alpha value is -2.62. The highest BCUT2D eigenvalue weighted by Crippen LogP contribution is 2.22. The zero-order valence-electron chi connectivity index (χ0n) is 12.3. The second-order valence-corrected chi connectivity index (χ2v) is 4.51. The number of nitrogens with zero attached hydrogens (tertiary/aromatic N) is 1. The minimum absolute atomic E-state index is 0.369. The molecule has 1 aromatic carbocycles. The minimum atomic E-state index is -0.369. The lowest BCUT2D eigenvalue weighted by atomic mass is 10.0. The molecular formula is C17H17NO3. The number of esters is 1. The molecule has 0 unspecified atom stereocenters. The summed E-state index contributed by atoms with van der Waals surface area (Å²) in [6, 6.07) is 9.39. The van der Waals surface area contributed by atoms with E-state index in [0.717, 1.165) is 22.4 Å². The van der Waals surface area contributed by atoms with E-state index >= 15 is 0 Å². The van der Waals surface area contributed by atoms with Crippen molar-refractivity contribution in [1.29, 1.82) is 0 Å². The standard InChI is InChI=1S/C17H17NO3/c1-12(13-4-6-15(20-2)7-5-13)10-14-11-18-9-8-16(14)17(19)21-3/h4-11H,1-3H3/b12-10+. The van der Waals surface area contributed by atoms with Gasteiger partial charge in [-0.2, -0.15) is 0 Å². The number of aromatic nitrogens is 1. The van der Waals surface area contributed by atoms with Gasteiger partial charge in [0.2, 0.25) is 0 Å². The van der Waals surface area contributed by atoms with Crippen molar-refractivity contribution in [3.8, 4) is 5.75 Å². The smallest absolute Gasteiger partial charge is 0.338 e. The highest BCUT2D eigenvalue weighted by molar-refractivity contribution is 5.95. The van der Waals surface area contributed by atoms with Gasteiger partial charge in [0.15, 0.2) is 0 Å². The number of allylic oxidation sites excluding steroid dienone is 1. The van der Waals surface area contributed by atoms with Crippen LogP contribution in [0.2, 0.25) is 0 Å². The Morgan fingerprint density at radius 1 is 1.14 bits per heavy atom. The van der Waals surface area contributed by atoms with E-state index in [9.17, 15) is 4.79 Å². The van der Waals surface area contributed by atoms with Crippen LogP contribution in [0, 0.1) is 0 Å². The van der Waals surface area contributed by atoms with Gasteiger partial charge in [-0.25, -0.2) is 4.79 Å². The van der Waals surface area contributed by atoms with Gasteiger partial charge < -0.3 is 9.47 Å². The van der Waals surface area contributed by atoms with E-state index in [1.54, 1.807) is 25.6 Å². The number of methoxy groups -OCH3 is 2. The number of hydrogen-bond donors (Lipinski definition) is 0. The SMILES string of the molecule is COC(=O)c1ccncc1/C=C(\C)c1ccc(OC)cc1. The van der Waals surface area contributed by atoms with E-state index in [4.69, 9.17) is 9.47 Å². The van der Waals surface area contributed by atoms with Crippen LogP contribution < -0.4 is 4.74 Å². The van der Waals surface area contributed by atoms with Crippen molar-refractivity contribution < 1.29 is 14.3 Å². The number of carbonyl (C=O) groups is 1. The van der Waals surface area contributed by atoms with Crippen molar-refractivity contribution in [2.45, 2.75) is 6.92 Å². The highest BCUT2D eigenvalue weighted by Gasteiger charge is 2.10. The van der Waals surface area contributed by atoms with Gasteiger partial charge in [-0.1, -0.05) is 12.1 Å². The Bertz CT molecular complexity index is 660. The van der Waals surface area contributed by atoms with Crippen LogP contribution in [0.5, 0.6) is 5.75 Å². The predicted molar refractivity (Wildman–Crippen MR) is 82.1 cm³/mol. The molecule has 0 aliphatic rings. The summed E-state index contributed by atoms with van der Waals surface area (Å²) < 4.78 is 9.92. The lowest BCUT2D eigenvalue weighted by Gasteiger charge is -2.06. The summed E-state index contributed by atoms with van der Waals surface area (Å²) in [6.07, 6.45) is 5.15. The first-order valence-corrected chi connectivity index (χ1v) is 6.50. The van der Waals surface area contributed by atoms with Crippen molar-refractivity contribution in [1.82, 2.24) is 4.98 Å². The molecule has 0 fully saturated rings. The third kappa shape index (κ3) is 3.48. The maximum Gasteiger partial charge on any atom is 0.338 e. The third-order valence-electron chi connectivity index (χ3n) is 3.17. The molecule has 1 heterocycles. The summed E-state index contributed by atoms with van der Waals surface area (Å²) >= 11 is 0. The van der Waals surface area contributed by atoms with Crippen LogP contribution >= 0.6 is 0 Å². The van der Waals surface area contributed by atoms with Gasteiger partial charge in [0.05, 0.1) is 19.8 Å². The van der Waals surface area contributed by atoms with Gasteiger partial charge in [0.1, 0.15) is 5.75 Å². The van der Waals surface area contributed by atoms with Crippen molar-refractivity contribution in [3.63, 3.8) is 0 Å². The quantitative estimate of drug-likeness (QED) is 0.806. The van der Waals surface area contributed by atoms with E-state index in [1.165, 1.54) is 7.11 Å². The number of pyridine rings is 1. The lowest BCUT2D eigenvalue weighted by Crippen LogP contribution is -2.04. The Labute approximate surface area is 124 Å². The van der Waals surface area contributed by atoms with E-state index < -0.39 is 0 Å². The zero-order chi connectivity index (χ0) is 15.2. The van der Waals surface area contributed by atoms with Gasteiger partial charge in [-0.3, -0.25) is 4.98 Å². The molecule has 0 radical (unpaired) electrons. The van der Waals surface area contributed by atoms with E-state index in [-0.39, 0.29) is 5.97 Å². The van der Waals surface area contributed by atoms with Crippen LogP contribution in [0.3, 0.4) is 0 Å². The molecule has 0 atom stereocenters. The van der Waals surface area contributed by atoms with E-state index in [1.807, 2.05) is 37.3 Å². The number of benzene rings is 1. The molecule has 0 spiro atoms. The van der Waals surface area contributed by atoms with Crippen LogP contribution in [0.25, 0.3) is 11.6 Å². The van der Waals surface area contributed by atoms with Gasteiger partial charge in [-0.05, 0) is 42.3 Å². The Morgan fingerprint density at radius 2 is 1.86 bits per heavy atom. The fourth-order valence-electron chi connectivity index (χ4n) is 1.99. The molecule has 0 N–H and O–H groups in total. The van der Waals surface area contributed by atoms with Crippen LogP contribution in [-0.2, 0) is 4.74 Å². The normalized spacial score (nSPS) is 11.1. The van der Waals surface area contributed by atoms with E-state index in [0.29, 0.717) is 5.56 Å². The molecule has 0 bridgehead atoms. The van der Waals surface area contributed by atoms with E-state index in [2.05, 4.69) is 4.98 Å². The maximum absolute atomic E-state index is 11.7. The molecular weight excluding hydrogens is 266 g/mol. The summed E-state index contributed by atoms with van der Waals surface area (Å²) in [5, 5.41) is 0. The molecule has 21 heavy (non-hydrogen) atoms. The largest absolute Gasteiger partial charge is 0.497 e. The number of ether oxygens (including phenoxy) is 2. The number of carbonyl (C=O) groups excluding carboxylic acids is 1. The summed E-state index contributed by atoms with van der Waals surface area (Å²) in [6.45, 7) is 1.98. The molecule has 0 amide bonds. The molecule has 0 aliphatic carbocycles. The summed E-state index contributed by atoms with van der Waals surface area (Å²) in [7, 11) is 3.00. The highest BCUT2D eigenvalue weighted by atomic mass is 16.5. The Kier molecular flexibility index (Phi) is 4.72. The van der Waals surface area contributed by atoms with Crippen LogP contribution in [0.1, 0.15) is 28.4 Å². The fourth-order valence-corrected chi connectivity index (χ4v) is 1.99. The van der Waals surface area contributed by atoms with Gasteiger partial charge >= 0.3 is 5.97 Å². The van der Waals surface area contributed by atoms with Crippen molar-refractivity contribution in [3.05, 3.63) is 59.4 Å². The van der Waals surface area contributed by atoms with Crippen LogP contribution in [-0.4, -0.2) is 25.2 Å². The van der Waals surface area contributed by atoms with Gasteiger partial charge in [0.25, 0.3) is 0 Å². The molecule has 108 valence electrons. The second kappa shape index (κ2) is 6.70. The van der Waals surface area contributed by atoms with Gasteiger partial charge in [-0.15, -0.1) is 0 Å². The zero-order valence-corrected chi connectivity index (χ0v) is 12.3. The average Bonchev–Trinajstić information content (AvgIpc) is 2.54. The summed E-state index contributed by atoms with van der Waals surface area (Å²) in [5.41, 5.74) is 3.31. The molecule has 2 aromatic rings. The van der Waals surface area contributed by atoms with Crippen molar-refractivity contribution >= 4 is 17.6 Å². The molecule has 4 heteroatoms. The first-order chi connectivity index (χ1) is 10.2. The topological polar surface area (TPSA) is 48.4 Å². The number of rotatable bonds is 4. The monoisotopic (exact) mass is 283 g/mol. The number of hydrogen-bond acceptors (Lipinski definition) is 4. The van der Waals surface area contributed by atoms with Crippen molar-refractivity contribution in [2.75, 3.05) is 14.2 Å². The first kappa shape index (κ1) is 14.8. The predicted octanol–water partition coefficient (Wildman–Crippen LogP) is 3.44. The second-order valence-electron chi connectivity index (χ2n) is 4.51. The summed E-state index contributed by atoms with van der Waals surface area (Å²) in [4.78, 5) is 15.8. The van der Waals surface area contributed by atoms with Crippen LogP contribution in [0.15, 0.2) is 42.7 Å². The lowest BCUT2D eigenvalue weighted by molar-refractivity contribution is 0.0600. The summed E-state index contributed by atoms with van der Waals surface area (Å²) in [5.74, 6) is 0.439. The molecule has 0 saturated carbocycles. The molecule has 0 saturated heterocycles. The molecule has 2 rings (SSSR count). The maximum atomic E-state index is 11.7. The Balaban J connectivity index is 2.36. The van der Waals surface area contributed by atoms with Gasteiger partial charge in [0, 0.05) is 18.0 Å². The first-order valence-electron chi connectivity index (χ1n) is 6.50. The fraction of sp³-hybridized carbons (Fsp3) is 0.176. The molecule has 0 aliphatic heterocycles. The minimum Gasteiger partial charge on any atom is -0.497 e. The van der Waals surface area contributed by atoms with Crippen LogP contribution in [0.4, 0.5) is 0 Å². The average molecular weight is 283 g/mol.